The SMILES string of the molecule is CSc1cccc(Nc2cc(NN)nc(C(C)C)n2)c1. The number of nitrogens with one attached hydrogen (secondary N) is 2. The fourth-order valence-electron chi connectivity index (χ4n) is 1.71. The summed E-state index contributed by atoms with van der Waals surface area (Å²) in [5, 5.41) is 3.29. The van der Waals surface area contributed by atoms with E-state index in [1.807, 2.05) is 26.0 Å². The van der Waals surface area contributed by atoms with Crippen LogP contribution in [-0.2, 0) is 0 Å². The standard InChI is InChI=1S/C14H19N5S/c1-9(2)14-17-12(8-13(18-14)19-15)16-10-5-4-6-11(7-10)20-3/h4-9H,15H2,1-3H3,(H2,16,17,18,19). The van der Waals surface area contributed by atoms with E-state index in [9.17, 15) is 0 Å². The van der Waals surface area contributed by atoms with Crippen molar-refractivity contribution < 1.29 is 0 Å². The number of benzene rings is 1. The lowest BCUT2D eigenvalue weighted by molar-refractivity contribution is 0.777. The highest BCUT2D eigenvalue weighted by Crippen LogP contribution is 2.23. The molecule has 0 amide bonds. The second kappa shape index (κ2) is 6.58. The van der Waals surface area contributed by atoms with Gasteiger partial charge in [-0.3, -0.25) is 0 Å². The first-order chi connectivity index (χ1) is 9.62. The van der Waals surface area contributed by atoms with Crippen LogP contribution in [0.15, 0.2) is 35.2 Å². The molecule has 2 rings (SSSR count). The van der Waals surface area contributed by atoms with Gasteiger partial charge in [0.15, 0.2) is 0 Å². The zero-order valence-electron chi connectivity index (χ0n) is 11.8. The maximum Gasteiger partial charge on any atom is 0.145 e. The molecule has 1 aromatic heterocycles. The number of anilines is 3. The van der Waals surface area contributed by atoms with Crippen molar-refractivity contribution in [3.8, 4) is 0 Å². The van der Waals surface area contributed by atoms with Crippen LogP contribution in [0.3, 0.4) is 0 Å². The maximum atomic E-state index is 5.46. The maximum absolute atomic E-state index is 5.46. The van der Waals surface area contributed by atoms with E-state index in [2.05, 4.69) is 39.1 Å². The molecule has 0 aliphatic heterocycles. The number of thioether (sulfide) groups is 1. The number of nitrogen functional groups attached to an aromatic ring is 1. The Morgan fingerprint density at radius 3 is 2.55 bits per heavy atom. The minimum absolute atomic E-state index is 0.237. The lowest BCUT2D eigenvalue weighted by atomic mass is 10.2. The van der Waals surface area contributed by atoms with E-state index < -0.39 is 0 Å². The number of hydrogen-bond donors (Lipinski definition) is 3. The van der Waals surface area contributed by atoms with Gasteiger partial charge in [0.2, 0.25) is 0 Å². The number of nitrogens with two attached hydrogens (primary N) is 1. The molecule has 2 aromatic rings. The third kappa shape index (κ3) is 3.61. The van der Waals surface area contributed by atoms with Crippen LogP contribution in [0.4, 0.5) is 17.3 Å². The first kappa shape index (κ1) is 14.6. The lowest BCUT2D eigenvalue weighted by Gasteiger charge is -2.11. The van der Waals surface area contributed by atoms with Crippen molar-refractivity contribution in [1.29, 1.82) is 0 Å². The lowest BCUT2D eigenvalue weighted by Crippen LogP contribution is -2.12. The monoisotopic (exact) mass is 289 g/mol. The van der Waals surface area contributed by atoms with Gasteiger partial charge in [-0.05, 0) is 24.5 Å². The van der Waals surface area contributed by atoms with Crippen molar-refractivity contribution in [2.75, 3.05) is 17.0 Å². The van der Waals surface area contributed by atoms with E-state index in [0.29, 0.717) is 5.82 Å². The molecule has 0 bridgehead atoms. The van der Waals surface area contributed by atoms with Crippen molar-refractivity contribution in [2.24, 2.45) is 5.84 Å². The topological polar surface area (TPSA) is 75.9 Å². The fourth-order valence-corrected chi connectivity index (χ4v) is 2.17. The van der Waals surface area contributed by atoms with Gasteiger partial charge in [-0.15, -0.1) is 11.8 Å². The highest BCUT2D eigenvalue weighted by Gasteiger charge is 2.08. The number of hydrogen-bond acceptors (Lipinski definition) is 6. The molecule has 1 heterocycles. The summed E-state index contributed by atoms with van der Waals surface area (Å²) in [4.78, 5) is 10.0. The molecule has 0 saturated heterocycles. The highest BCUT2D eigenvalue weighted by molar-refractivity contribution is 7.98. The zero-order valence-corrected chi connectivity index (χ0v) is 12.7. The minimum atomic E-state index is 0.237. The average Bonchev–Trinajstić information content (AvgIpc) is 2.47. The van der Waals surface area contributed by atoms with E-state index in [4.69, 9.17) is 5.84 Å². The first-order valence-corrected chi connectivity index (χ1v) is 7.61. The molecule has 0 fully saturated rings. The third-order valence-corrected chi connectivity index (χ3v) is 3.48. The van der Waals surface area contributed by atoms with Gasteiger partial charge >= 0.3 is 0 Å². The molecule has 1 aromatic carbocycles. The van der Waals surface area contributed by atoms with E-state index in [0.717, 1.165) is 17.3 Å². The molecule has 5 nitrogen and oxygen atoms in total. The third-order valence-electron chi connectivity index (χ3n) is 2.75. The Labute approximate surface area is 123 Å². The smallest absolute Gasteiger partial charge is 0.145 e. The van der Waals surface area contributed by atoms with Crippen LogP contribution < -0.4 is 16.6 Å². The van der Waals surface area contributed by atoms with E-state index in [1.165, 1.54) is 4.90 Å². The van der Waals surface area contributed by atoms with Crippen LogP contribution in [0.5, 0.6) is 0 Å². The van der Waals surface area contributed by atoms with Crippen LogP contribution in [0.1, 0.15) is 25.6 Å². The van der Waals surface area contributed by atoms with Crippen molar-refractivity contribution in [2.45, 2.75) is 24.7 Å². The summed E-state index contributed by atoms with van der Waals surface area (Å²) in [7, 11) is 0. The van der Waals surface area contributed by atoms with Gasteiger partial charge in [0.05, 0.1) is 0 Å². The van der Waals surface area contributed by atoms with Crippen LogP contribution in [-0.4, -0.2) is 16.2 Å². The molecule has 4 N–H and O–H groups in total. The number of aromatic nitrogens is 2. The van der Waals surface area contributed by atoms with Gasteiger partial charge in [-0.25, -0.2) is 15.8 Å². The molecule has 0 spiro atoms. The second-order valence-electron chi connectivity index (χ2n) is 4.65. The minimum Gasteiger partial charge on any atom is -0.340 e. The largest absolute Gasteiger partial charge is 0.340 e. The van der Waals surface area contributed by atoms with Gasteiger partial charge in [-0.2, -0.15) is 0 Å². The molecular weight excluding hydrogens is 270 g/mol. The molecule has 0 aliphatic rings. The molecule has 106 valence electrons. The van der Waals surface area contributed by atoms with Gasteiger partial charge in [-0.1, -0.05) is 19.9 Å². The summed E-state index contributed by atoms with van der Waals surface area (Å²) in [6.07, 6.45) is 2.05. The average molecular weight is 289 g/mol. The molecule has 6 heteroatoms. The number of rotatable bonds is 5. The quantitative estimate of drug-likeness (QED) is 0.445. The van der Waals surface area contributed by atoms with Crippen LogP contribution in [0.25, 0.3) is 0 Å². The number of hydrazine groups is 1. The Hall–Kier alpha value is -1.79. The predicted molar refractivity (Wildman–Crippen MR) is 85.4 cm³/mol. The van der Waals surface area contributed by atoms with Crippen LogP contribution in [0.2, 0.25) is 0 Å². The molecule has 0 saturated carbocycles. The van der Waals surface area contributed by atoms with E-state index >= 15 is 0 Å². The Balaban J connectivity index is 2.29. The summed E-state index contributed by atoms with van der Waals surface area (Å²) in [5.41, 5.74) is 3.57. The van der Waals surface area contributed by atoms with Crippen molar-refractivity contribution >= 4 is 29.1 Å². The van der Waals surface area contributed by atoms with Crippen molar-refractivity contribution in [1.82, 2.24) is 9.97 Å². The Morgan fingerprint density at radius 1 is 1.15 bits per heavy atom. The van der Waals surface area contributed by atoms with Crippen molar-refractivity contribution in [3.05, 3.63) is 36.2 Å². The summed E-state index contributed by atoms with van der Waals surface area (Å²) in [6, 6.07) is 9.96. The molecule has 20 heavy (non-hydrogen) atoms. The van der Waals surface area contributed by atoms with Gasteiger partial charge in [0.25, 0.3) is 0 Å². The molecule has 0 radical (unpaired) electrons. The molecule has 0 aliphatic carbocycles. The van der Waals surface area contributed by atoms with Crippen LogP contribution >= 0.6 is 11.8 Å². The summed E-state index contributed by atoms with van der Waals surface area (Å²) >= 11 is 1.70. The van der Waals surface area contributed by atoms with E-state index in [-0.39, 0.29) is 5.92 Å². The molecule has 0 unspecified atom stereocenters. The van der Waals surface area contributed by atoms with Gasteiger partial charge < -0.3 is 10.7 Å². The Bertz CT molecular complexity index is 586. The van der Waals surface area contributed by atoms with Gasteiger partial charge in [0.1, 0.15) is 17.5 Å². The summed E-state index contributed by atoms with van der Waals surface area (Å²) in [5.74, 6) is 7.78. The normalized spacial score (nSPS) is 10.7. The summed E-state index contributed by atoms with van der Waals surface area (Å²) in [6.45, 7) is 4.10. The van der Waals surface area contributed by atoms with Gasteiger partial charge in [0, 0.05) is 22.6 Å². The number of nitrogens with zero attached hydrogens (tertiary/aromatic N) is 2. The molecular formula is C14H19N5S. The fraction of sp³-hybridized carbons (Fsp3) is 0.286. The predicted octanol–water partition coefficient (Wildman–Crippen LogP) is 3.35. The van der Waals surface area contributed by atoms with Crippen LogP contribution in [0, 0.1) is 0 Å². The Morgan fingerprint density at radius 2 is 1.90 bits per heavy atom. The second-order valence-corrected chi connectivity index (χ2v) is 5.53. The highest BCUT2D eigenvalue weighted by atomic mass is 32.2. The Kier molecular flexibility index (Phi) is 4.81. The molecule has 0 atom stereocenters. The first-order valence-electron chi connectivity index (χ1n) is 6.39. The summed E-state index contributed by atoms with van der Waals surface area (Å²) < 4.78 is 0. The zero-order chi connectivity index (χ0) is 14.5. The van der Waals surface area contributed by atoms with E-state index in [1.54, 1.807) is 17.8 Å². The van der Waals surface area contributed by atoms with Crippen molar-refractivity contribution in [3.63, 3.8) is 0 Å².